The minimum Gasteiger partial charge on any atom is -0.109 e. The zero-order chi connectivity index (χ0) is 13.3. The molecule has 0 saturated carbocycles. The molecule has 0 aromatic heterocycles. The van der Waals surface area contributed by atoms with Crippen molar-refractivity contribution in [3.63, 3.8) is 0 Å². The summed E-state index contributed by atoms with van der Waals surface area (Å²) in [4.78, 5) is 0. The van der Waals surface area contributed by atoms with Crippen molar-refractivity contribution in [3.8, 4) is 0 Å². The number of hydrogen-bond acceptors (Lipinski definition) is 0. The molecule has 0 saturated heterocycles. The Morgan fingerprint density at radius 1 is 0.842 bits per heavy atom. The average Bonchev–Trinajstić information content (AvgIpc) is 2.49. The number of hydrogen-bond donors (Lipinski definition) is 0. The summed E-state index contributed by atoms with van der Waals surface area (Å²) in [6, 6.07) is 21.5. The highest BCUT2D eigenvalue weighted by Crippen LogP contribution is 1.99. The second-order valence-corrected chi connectivity index (χ2v) is 4.87. The van der Waals surface area contributed by atoms with E-state index in [2.05, 4.69) is 79.6 Å². The summed E-state index contributed by atoms with van der Waals surface area (Å²) in [6.45, 7) is 2.61. The Hall–Kier alpha value is -1.76. The molecular formula is C18H21B. The van der Waals surface area contributed by atoms with Crippen molar-refractivity contribution in [2.75, 3.05) is 0 Å². The molecule has 0 aliphatic rings. The molecule has 0 N–H and O–H groups in total. The van der Waals surface area contributed by atoms with Gasteiger partial charge in [-0.25, -0.2) is 0 Å². The summed E-state index contributed by atoms with van der Waals surface area (Å²) < 4.78 is 0. The van der Waals surface area contributed by atoms with Gasteiger partial charge in [0.25, 0.3) is 0 Å². The minimum absolute atomic E-state index is 0.374. The van der Waals surface area contributed by atoms with Gasteiger partial charge in [0.2, 0.25) is 6.71 Å². The summed E-state index contributed by atoms with van der Waals surface area (Å²) in [5.74, 6) is 2.35. The number of unbranched alkanes of at least 4 members (excludes halogenated alkanes) is 2. The molecule has 0 aliphatic carbocycles. The largest absolute Gasteiger partial charge is 0.233 e. The quantitative estimate of drug-likeness (QED) is 0.541. The third kappa shape index (κ3) is 4.13. The van der Waals surface area contributed by atoms with E-state index in [4.69, 9.17) is 0 Å². The first kappa shape index (κ1) is 13.7. The molecule has 0 spiro atoms. The minimum atomic E-state index is 0.374. The third-order valence-electron chi connectivity index (χ3n) is 3.37. The summed E-state index contributed by atoms with van der Waals surface area (Å²) in [7, 11) is 0. The highest BCUT2D eigenvalue weighted by molar-refractivity contribution is 6.89. The fourth-order valence-electron chi connectivity index (χ4n) is 2.29. The Kier molecular flexibility index (Phi) is 5.49. The first-order chi connectivity index (χ1) is 9.42. The molecule has 0 fully saturated rings. The van der Waals surface area contributed by atoms with Crippen LogP contribution in [0.25, 0.3) is 0 Å². The standard InChI is InChI=1S/C18H21B/c1-2-3-4-11-16-19(17-12-7-5-8-13-17)18-14-9-6-10-15-18/h5-16H,2-4H2,1H3. The Balaban J connectivity index is 2.22. The number of allylic oxidation sites excluding steroid dienone is 1. The maximum absolute atomic E-state index is 2.35. The van der Waals surface area contributed by atoms with Crippen molar-refractivity contribution in [1.29, 1.82) is 0 Å². The Morgan fingerprint density at radius 3 is 1.84 bits per heavy atom. The SMILES string of the molecule is CCCCC=CB(c1ccccc1)c1ccccc1. The molecule has 0 atom stereocenters. The first-order valence-electron chi connectivity index (χ1n) is 7.18. The third-order valence-corrected chi connectivity index (χ3v) is 3.37. The lowest BCUT2D eigenvalue weighted by molar-refractivity contribution is 0.815. The maximum atomic E-state index is 2.35. The van der Waals surface area contributed by atoms with E-state index in [0.29, 0.717) is 6.71 Å². The van der Waals surface area contributed by atoms with Crippen LogP contribution < -0.4 is 10.9 Å². The second kappa shape index (κ2) is 7.63. The van der Waals surface area contributed by atoms with E-state index in [-0.39, 0.29) is 0 Å². The van der Waals surface area contributed by atoms with Gasteiger partial charge in [-0.1, -0.05) is 97.4 Å². The first-order valence-corrected chi connectivity index (χ1v) is 7.18. The van der Waals surface area contributed by atoms with Gasteiger partial charge in [0.05, 0.1) is 0 Å². The second-order valence-electron chi connectivity index (χ2n) is 4.87. The van der Waals surface area contributed by atoms with Gasteiger partial charge in [-0.3, -0.25) is 0 Å². The van der Waals surface area contributed by atoms with Gasteiger partial charge >= 0.3 is 0 Å². The van der Waals surface area contributed by atoms with Crippen LogP contribution in [0.5, 0.6) is 0 Å². The number of rotatable bonds is 6. The zero-order valence-electron chi connectivity index (χ0n) is 11.6. The van der Waals surface area contributed by atoms with Crippen molar-refractivity contribution in [3.05, 3.63) is 72.7 Å². The predicted octanol–water partition coefficient (Wildman–Crippen LogP) is 3.58. The van der Waals surface area contributed by atoms with Crippen molar-refractivity contribution in [2.45, 2.75) is 26.2 Å². The molecule has 0 aliphatic heterocycles. The van der Waals surface area contributed by atoms with Crippen LogP contribution in [-0.4, -0.2) is 6.71 Å². The van der Waals surface area contributed by atoms with Crippen molar-refractivity contribution >= 4 is 17.6 Å². The maximum Gasteiger partial charge on any atom is 0.233 e. The van der Waals surface area contributed by atoms with Gasteiger partial charge in [-0.05, 0) is 6.42 Å². The van der Waals surface area contributed by atoms with Gasteiger partial charge in [-0.2, -0.15) is 0 Å². The molecule has 0 heterocycles. The summed E-state index contributed by atoms with van der Waals surface area (Å²) in [5.41, 5.74) is 2.72. The van der Waals surface area contributed by atoms with Gasteiger partial charge in [0.15, 0.2) is 0 Å². The Bertz CT molecular complexity index is 448. The molecule has 1 heteroatoms. The van der Waals surface area contributed by atoms with Crippen LogP contribution in [0.1, 0.15) is 26.2 Å². The fraction of sp³-hybridized carbons (Fsp3) is 0.222. The van der Waals surface area contributed by atoms with Gasteiger partial charge in [0, 0.05) is 0 Å². The molecule has 96 valence electrons. The molecule has 2 aromatic rings. The van der Waals surface area contributed by atoms with E-state index in [1.54, 1.807) is 0 Å². The van der Waals surface area contributed by atoms with E-state index in [9.17, 15) is 0 Å². The van der Waals surface area contributed by atoms with E-state index < -0.39 is 0 Å². The molecule has 0 bridgehead atoms. The molecule has 0 nitrogen and oxygen atoms in total. The molecule has 19 heavy (non-hydrogen) atoms. The van der Waals surface area contributed by atoms with Gasteiger partial charge < -0.3 is 0 Å². The monoisotopic (exact) mass is 248 g/mol. The van der Waals surface area contributed by atoms with Gasteiger partial charge in [-0.15, -0.1) is 5.98 Å². The molecule has 0 amide bonds. The lowest BCUT2D eigenvalue weighted by atomic mass is 9.40. The zero-order valence-corrected chi connectivity index (χ0v) is 11.6. The highest BCUT2D eigenvalue weighted by Gasteiger charge is 2.14. The van der Waals surface area contributed by atoms with Crippen LogP contribution >= 0.6 is 0 Å². The fourth-order valence-corrected chi connectivity index (χ4v) is 2.29. The van der Waals surface area contributed by atoms with E-state index in [1.807, 2.05) is 0 Å². The normalized spacial score (nSPS) is 10.8. The van der Waals surface area contributed by atoms with E-state index in [0.717, 1.165) is 0 Å². The van der Waals surface area contributed by atoms with E-state index >= 15 is 0 Å². The molecule has 0 unspecified atom stereocenters. The lowest BCUT2D eigenvalue weighted by Crippen LogP contribution is -2.40. The van der Waals surface area contributed by atoms with E-state index in [1.165, 1.54) is 30.2 Å². The summed E-state index contributed by atoms with van der Waals surface area (Å²) in [5, 5.41) is 0. The van der Waals surface area contributed by atoms with Crippen LogP contribution in [-0.2, 0) is 0 Å². The molecule has 2 rings (SSSR count). The smallest absolute Gasteiger partial charge is 0.109 e. The molecule has 2 aromatic carbocycles. The summed E-state index contributed by atoms with van der Waals surface area (Å²) >= 11 is 0. The van der Waals surface area contributed by atoms with Crippen LogP contribution in [0, 0.1) is 0 Å². The summed E-state index contributed by atoms with van der Waals surface area (Å²) in [6.07, 6.45) is 6.03. The molecule has 0 radical (unpaired) electrons. The Morgan fingerprint density at radius 2 is 1.37 bits per heavy atom. The van der Waals surface area contributed by atoms with Crippen LogP contribution in [0.2, 0.25) is 0 Å². The Labute approximate surface area is 117 Å². The topological polar surface area (TPSA) is 0 Å². The predicted molar refractivity (Wildman–Crippen MR) is 86.6 cm³/mol. The van der Waals surface area contributed by atoms with Gasteiger partial charge in [0.1, 0.15) is 0 Å². The molecular weight excluding hydrogens is 227 g/mol. The average molecular weight is 248 g/mol. The number of benzene rings is 2. The van der Waals surface area contributed by atoms with Crippen molar-refractivity contribution in [2.24, 2.45) is 0 Å². The van der Waals surface area contributed by atoms with Crippen molar-refractivity contribution < 1.29 is 0 Å². The van der Waals surface area contributed by atoms with Crippen molar-refractivity contribution in [1.82, 2.24) is 0 Å². The van der Waals surface area contributed by atoms with Crippen LogP contribution in [0.3, 0.4) is 0 Å². The lowest BCUT2D eigenvalue weighted by Gasteiger charge is -2.10. The van der Waals surface area contributed by atoms with Crippen LogP contribution in [0.4, 0.5) is 0 Å². The highest BCUT2D eigenvalue weighted by atomic mass is 13.9. The van der Waals surface area contributed by atoms with Crippen LogP contribution in [0.15, 0.2) is 72.7 Å².